The zero-order chi connectivity index (χ0) is 16.8. The van der Waals surface area contributed by atoms with Gasteiger partial charge in [-0.2, -0.15) is 0 Å². The quantitative estimate of drug-likeness (QED) is 0.745. The van der Waals surface area contributed by atoms with E-state index in [1.807, 2.05) is 17.5 Å². The van der Waals surface area contributed by atoms with E-state index in [4.69, 9.17) is 9.47 Å². The molecule has 0 saturated heterocycles. The average molecular weight is 341 g/mol. The number of ether oxygens (including phenoxy) is 2. The summed E-state index contributed by atoms with van der Waals surface area (Å²) < 4.78 is 10.5. The second-order valence-electron chi connectivity index (χ2n) is 4.79. The Morgan fingerprint density at radius 1 is 1.21 bits per heavy atom. The van der Waals surface area contributed by atoms with Crippen molar-refractivity contribution in [1.29, 1.82) is 0 Å². The van der Waals surface area contributed by atoms with Crippen molar-refractivity contribution < 1.29 is 14.3 Å². The third kappa shape index (κ3) is 4.08. The Morgan fingerprint density at radius 3 is 2.71 bits per heavy atom. The molecule has 6 nitrogen and oxygen atoms in total. The molecule has 0 bridgehead atoms. The van der Waals surface area contributed by atoms with Crippen LogP contribution in [0.3, 0.4) is 0 Å². The van der Waals surface area contributed by atoms with Gasteiger partial charge >= 0.3 is 0 Å². The van der Waals surface area contributed by atoms with Crippen LogP contribution < -0.4 is 14.8 Å². The molecule has 0 radical (unpaired) electrons. The highest BCUT2D eigenvalue weighted by Crippen LogP contribution is 2.24. The van der Waals surface area contributed by atoms with E-state index in [2.05, 4.69) is 15.3 Å². The maximum absolute atomic E-state index is 11.9. The summed E-state index contributed by atoms with van der Waals surface area (Å²) in [5.74, 6) is 1.07. The van der Waals surface area contributed by atoms with Gasteiger partial charge in [-0.1, -0.05) is 0 Å². The molecule has 3 rings (SSSR count). The summed E-state index contributed by atoms with van der Waals surface area (Å²) in [6.45, 7) is -0.0892. The lowest BCUT2D eigenvalue weighted by atomic mass is 10.2. The number of nitrogens with zero attached hydrogens (tertiary/aromatic N) is 2. The highest BCUT2D eigenvalue weighted by molar-refractivity contribution is 7.14. The molecule has 0 spiro atoms. The summed E-state index contributed by atoms with van der Waals surface area (Å²) in [5, 5.41) is 5.12. The molecular formula is C17H15N3O3S. The third-order valence-corrected chi connectivity index (χ3v) is 3.89. The number of rotatable bonds is 6. The van der Waals surface area contributed by atoms with Crippen LogP contribution in [0.25, 0.3) is 11.3 Å². The van der Waals surface area contributed by atoms with E-state index in [0.717, 1.165) is 17.0 Å². The van der Waals surface area contributed by atoms with E-state index in [1.165, 1.54) is 11.3 Å². The number of hydrogen-bond acceptors (Lipinski definition) is 6. The predicted octanol–water partition coefficient (Wildman–Crippen LogP) is 3.23. The number of amides is 1. The minimum absolute atomic E-state index is 0.0892. The van der Waals surface area contributed by atoms with Gasteiger partial charge in [0.2, 0.25) is 0 Å². The topological polar surface area (TPSA) is 73.3 Å². The second kappa shape index (κ2) is 7.56. The molecule has 3 aromatic rings. The van der Waals surface area contributed by atoms with Crippen LogP contribution in [0.4, 0.5) is 5.13 Å². The zero-order valence-corrected chi connectivity index (χ0v) is 13.7. The first-order valence-electron chi connectivity index (χ1n) is 7.17. The average Bonchev–Trinajstić information content (AvgIpc) is 3.09. The van der Waals surface area contributed by atoms with Crippen molar-refractivity contribution in [3.05, 3.63) is 54.2 Å². The number of nitrogens with one attached hydrogen (secondary N) is 1. The minimum Gasteiger partial charge on any atom is -0.497 e. The van der Waals surface area contributed by atoms with Crippen LogP contribution in [0, 0.1) is 0 Å². The largest absolute Gasteiger partial charge is 0.497 e. The number of aromatic nitrogens is 2. The van der Waals surface area contributed by atoms with Crippen LogP contribution in [0.2, 0.25) is 0 Å². The smallest absolute Gasteiger partial charge is 0.264 e. The summed E-state index contributed by atoms with van der Waals surface area (Å²) in [4.78, 5) is 20.4. The lowest BCUT2D eigenvalue weighted by molar-refractivity contribution is -0.118. The summed E-state index contributed by atoms with van der Waals surface area (Å²) in [5.41, 5.74) is 1.68. The second-order valence-corrected chi connectivity index (χ2v) is 5.65. The van der Waals surface area contributed by atoms with Crippen molar-refractivity contribution in [3.8, 4) is 22.8 Å². The van der Waals surface area contributed by atoms with E-state index in [9.17, 15) is 4.79 Å². The Hall–Kier alpha value is -2.93. The van der Waals surface area contributed by atoms with Crippen LogP contribution in [0.1, 0.15) is 0 Å². The van der Waals surface area contributed by atoms with E-state index in [0.29, 0.717) is 10.9 Å². The van der Waals surface area contributed by atoms with Gasteiger partial charge in [0.15, 0.2) is 11.7 Å². The lowest BCUT2D eigenvalue weighted by Gasteiger charge is -2.06. The number of thiazole rings is 1. The van der Waals surface area contributed by atoms with Gasteiger partial charge < -0.3 is 9.47 Å². The molecule has 0 atom stereocenters. The molecule has 2 heterocycles. The Morgan fingerprint density at radius 2 is 2.00 bits per heavy atom. The Balaban J connectivity index is 1.54. The van der Waals surface area contributed by atoms with Gasteiger partial charge in [0, 0.05) is 23.3 Å². The molecular weight excluding hydrogens is 326 g/mol. The molecule has 0 unspecified atom stereocenters. The molecule has 0 fully saturated rings. The molecule has 0 aliphatic carbocycles. The minimum atomic E-state index is -0.266. The van der Waals surface area contributed by atoms with E-state index in [-0.39, 0.29) is 12.5 Å². The molecule has 24 heavy (non-hydrogen) atoms. The van der Waals surface area contributed by atoms with E-state index >= 15 is 0 Å². The van der Waals surface area contributed by atoms with Crippen molar-refractivity contribution in [3.63, 3.8) is 0 Å². The van der Waals surface area contributed by atoms with Crippen LogP contribution >= 0.6 is 11.3 Å². The summed E-state index contributed by atoms with van der Waals surface area (Å²) in [7, 11) is 1.59. The van der Waals surface area contributed by atoms with Crippen molar-refractivity contribution in [1.82, 2.24) is 9.97 Å². The fourth-order valence-electron chi connectivity index (χ4n) is 1.95. The SMILES string of the molecule is COc1ccc(OCC(=O)Nc2nc(-c3cccnc3)cs2)cc1. The van der Waals surface area contributed by atoms with Gasteiger partial charge in [0.25, 0.3) is 5.91 Å². The first-order chi connectivity index (χ1) is 11.7. The van der Waals surface area contributed by atoms with Crippen molar-refractivity contribution in [2.24, 2.45) is 0 Å². The van der Waals surface area contributed by atoms with Gasteiger partial charge in [-0.3, -0.25) is 15.1 Å². The highest BCUT2D eigenvalue weighted by atomic mass is 32.1. The number of methoxy groups -OCH3 is 1. The van der Waals surface area contributed by atoms with Gasteiger partial charge in [-0.25, -0.2) is 4.98 Å². The summed E-state index contributed by atoms with van der Waals surface area (Å²) >= 11 is 1.36. The van der Waals surface area contributed by atoms with Crippen molar-refractivity contribution in [2.75, 3.05) is 19.0 Å². The molecule has 0 aliphatic heterocycles. The number of carbonyl (C=O) groups is 1. The Bertz CT molecular complexity index is 803. The summed E-state index contributed by atoms with van der Waals surface area (Å²) in [6, 6.07) is 10.8. The molecule has 122 valence electrons. The van der Waals surface area contributed by atoms with Gasteiger partial charge in [-0.15, -0.1) is 11.3 Å². The predicted molar refractivity (Wildman–Crippen MR) is 92.5 cm³/mol. The molecule has 2 aromatic heterocycles. The number of hydrogen-bond donors (Lipinski definition) is 1. The monoisotopic (exact) mass is 341 g/mol. The van der Waals surface area contributed by atoms with Crippen LogP contribution in [-0.4, -0.2) is 29.6 Å². The van der Waals surface area contributed by atoms with Gasteiger partial charge in [-0.05, 0) is 36.4 Å². The van der Waals surface area contributed by atoms with Gasteiger partial charge in [0.1, 0.15) is 11.5 Å². The van der Waals surface area contributed by atoms with Crippen molar-refractivity contribution in [2.45, 2.75) is 0 Å². The molecule has 1 amide bonds. The van der Waals surface area contributed by atoms with Crippen molar-refractivity contribution >= 4 is 22.4 Å². The van der Waals surface area contributed by atoms with E-state index < -0.39 is 0 Å². The third-order valence-electron chi connectivity index (χ3n) is 3.14. The number of benzene rings is 1. The molecule has 1 aromatic carbocycles. The zero-order valence-electron chi connectivity index (χ0n) is 12.9. The highest BCUT2D eigenvalue weighted by Gasteiger charge is 2.09. The molecule has 7 heteroatoms. The normalized spacial score (nSPS) is 10.2. The van der Waals surface area contributed by atoms with E-state index in [1.54, 1.807) is 43.8 Å². The first kappa shape index (κ1) is 15.9. The lowest BCUT2D eigenvalue weighted by Crippen LogP contribution is -2.20. The molecule has 0 aliphatic rings. The fraction of sp³-hybridized carbons (Fsp3) is 0.118. The molecule has 1 N–H and O–H groups in total. The first-order valence-corrected chi connectivity index (χ1v) is 8.05. The van der Waals surface area contributed by atoms with Gasteiger partial charge in [0.05, 0.1) is 12.8 Å². The number of anilines is 1. The maximum atomic E-state index is 11.9. The fourth-order valence-corrected chi connectivity index (χ4v) is 2.69. The molecule has 0 saturated carbocycles. The number of pyridine rings is 1. The van der Waals surface area contributed by atoms with Crippen LogP contribution in [0.5, 0.6) is 11.5 Å². The number of carbonyl (C=O) groups excluding carboxylic acids is 1. The Kier molecular flexibility index (Phi) is 5.02. The van der Waals surface area contributed by atoms with Crippen LogP contribution in [0.15, 0.2) is 54.2 Å². The Labute approximate surface area is 143 Å². The standard InChI is InChI=1S/C17H15N3O3S/c1-22-13-4-6-14(7-5-13)23-10-16(21)20-17-19-15(11-24-17)12-3-2-8-18-9-12/h2-9,11H,10H2,1H3,(H,19,20,21). The maximum Gasteiger partial charge on any atom is 0.264 e. The summed E-state index contributed by atoms with van der Waals surface area (Å²) in [6.07, 6.45) is 3.43. The van der Waals surface area contributed by atoms with Crippen LogP contribution in [-0.2, 0) is 4.79 Å².